The van der Waals surface area contributed by atoms with Crippen LogP contribution in [0.15, 0.2) is 18.2 Å². The zero-order chi connectivity index (χ0) is 12.8. The van der Waals surface area contributed by atoms with Crippen LogP contribution in [0.5, 0.6) is 0 Å². The highest BCUT2D eigenvalue weighted by Gasteiger charge is 2.15. The van der Waals surface area contributed by atoms with E-state index in [1.165, 1.54) is 0 Å². The van der Waals surface area contributed by atoms with Gasteiger partial charge in [0.1, 0.15) is 5.69 Å². The Bertz CT molecular complexity index is 396. The fourth-order valence-corrected chi connectivity index (χ4v) is 2.14. The normalized spacial score (nSPS) is 12.2. The third-order valence-corrected chi connectivity index (χ3v) is 3.15. The maximum absolute atomic E-state index is 10.9. The summed E-state index contributed by atoms with van der Waals surface area (Å²) in [4.78, 5) is 10.6. The molecule has 17 heavy (non-hydrogen) atoms. The summed E-state index contributed by atoms with van der Waals surface area (Å²) in [6.07, 6.45) is 3.05. The minimum Gasteiger partial charge on any atom is -0.377 e. The Kier molecular flexibility index (Phi) is 5.28. The molecule has 0 aliphatic carbocycles. The Balaban J connectivity index is 2.79. The highest BCUT2D eigenvalue weighted by molar-refractivity contribution is 7.98. The van der Waals surface area contributed by atoms with Gasteiger partial charge in [-0.25, -0.2) is 0 Å². The number of benzene rings is 1. The number of nitro benzene ring substituents is 1. The molecule has 1 aromatic rings. The molecule has 0 aromatic heterocycles. The van der Waals surface area contributed by atoms with Crippen LogP contribution in [0.1, 0.15) is 18.9 Å². The van der Waals surface area contributed by atoms with Gasteiger partial charge < -0.3 is 5.32 Å². The van der Waals surface area contributed by atoms with Gasteiger partial charge >= 0.3 is 0 Å². The molecule has 0 radical (unpaired) electrons. The van der Waals surface area contributed by atoms with Crippen molar-refractivity contribution in [3.8, 4) is 0 Å². The number of nitrogens with one attached hydrogen (secondary N) is 1. The standard InChI is InChI=1S/C12H18N2O2S/c1-9-4-5-11(12(8-9)14(15)16)13-10(2)6-7-17-3/h4-5,8,10,13H,6-7H2,1-3H3. The first-order valence-corrected chi connectivity index (χ1v) is 6.94. The monoisotopic (exact) mass is 254 g/mol. The lowest BCUT2D eigenvalue weighted by atomic mass is 10.1. The summed E-state index contributed by atoms with van der Waals surface area (Å²) in [5, 5.41) is 14.1. The van der Waals surface area contributed by atoms with E-state index in [1.807, 2.05) is 19.9 Å². The lowest BCUT2D eigenvalue weighted by Crippen LogP contribution is -2.16. The van der Waals surface area contributed by atoms with Gasteiger partial charge in [-0.15, -0.1) is 0 Å². The fraction of sp³-hybridized carbons (Fsp3) is 0.500. The fourth-order valence-electron chi connectivity index (χ4n) is 1.55. The highest BCUT2D eigenvalue weighted by Crippen LogP contribution is 2.26. The van der Waals surface area contributed by atoms with Crippen LogP contribution in [0, 0.1) is 17.0 Å². The Morgan fingerprint density at radius 2 is 2.24 bits per heavy atom. The zero-order valence-corrected chi connectivity index (χ0v) is 11.2. The number of nitro groups is 1. The average Bonchev–Trinajstić information content (AvgIpc) is 2.28. The first kappa shape index (κ1) is 13.8. The Labute approximate surface area is 106 Å². The van der Waals surface area contributed by atoms with Crippen molar-refractivity contribution in [2.24, 2.45) is 0 Å². The van der Waals surface area contributed by atoms with Gasteiger partial charge in [-0.1, -0.05) is 6.07 Å². The molecule has 0 spiro atoms. The van der Waals surface area contributed by atoms with Gasteiger partial charge in [0.2, 0.25) is 0 Å². The molecule has 4 nitrogen and oxygen atoms in total. The van der Waals surface area contributed by atoms with Crippen LogP contribution < -0.4 is 5.32 Å². The molecule has 0 bridgehead atoms. The molecule has 0 fully saturated rings. The summed E-state index contributed by atoms with van der Waals surface area (Å²) in [6.45, 7) is 3.90. The number of thioether (sulfide) groups is 1. The van der Waals surface area contributed by atoms with Crippen LogP contribution in [0.3, 0.4) is 0 Å². The van der Waals surface area contributed by atoms with Crippen molar-refractivity contribution in [1.29, 1.82) is 0 Å². The molecule has 94 valence electrons. The van der Waals surface area contributed by atoms with Crippen LogP contribution in [0.25, 0.3) is 0 Å². The van der Waals surface area contributed by atoms with Crippen molar-refractivity contribution < 1.29 is 4.92 Å². The second kappa shape index (κ2) is 6.49. The largest absolute Gasteiger partial charge is 0.377 e. The number of anilines is 1. The van der Waals surface area contributed by atoms with Crippen LogP contribution in [0.2, 0.25) is 0 Å². The van der Waals surface area contributed by atoms with E-state index in [2.05, 4.69) is 11.6 Å². The maximum atomic E-state index is 10.9. The Morgan fingerprint density at radius 1 is 1.53 bits per heavy atom. The quantitative estimate of drug-likeness (QED) is 0.624. The Morgan fingerprint density at radius 3 is 2.82 bits per heavy atom. The van der Waals surface area contributed by atoms with Crippen molar-refractivity contribution >= 4 is 23.1 Å². The molecule has 1 rings (SSSR count). The minimum atomic E-state index is -0.337. The van der Waals surface area contributed by atoms with E-state index in [9.17, 15) is 10.1 Å². The molecule has 1 aromatic carbocycles. The number of rotatable bonds is 6. The van der Waals surface area contributed by atoms with Crippen molar-refractivity contribution in [2.75, 3.05) is 17.3 Å². The van der Waals surface area contributed by atoms with Gasteiger partial charge in [0, 0.05) is 12.1 Å². The number of hydrogen-bond donors (Lipinski definition) is 1. The first-order valence-electron chi connectivity index (χ1n) is 5.55. The van der Waals surface area contributed by atoms with Crippen molar-refractivity contribution in [2.45, 2.75) is 26.3 Å². The van der Waals surface area contributed by atoms with Crippen LogP contribution in [-0.4, -0.2) is 23.0 Å². The van der Waals surface area contributed by atoms with Gasteiger partial charge in [0.15, 0.2) is 0 Å². The molecular weight excluding hydrogens is 236 g/mol. The van der Waals surface area contributed by atoms with E-state index >= 15 is 0 Å². The predicted molar refractivity (Wildman–Crippen MR) is 73.9 cm³/mol. The molecule has 0 saturated heterocycles. The molecule has 0 saturated carbocycles. The van der Waals surface area contributed by atoms with Gasteiger partial charge in [0.25, 0.3) is 5.69 Å². The smallest absolute Gasteiger partial charge is 0.292 e. The summed E-state index contributed by atoms with van der Waals surface area (Å²) < 4.78 is 0. The van der Waals surface area contributed by atoms with Crippen molar-refractivity contribution in [3.05, 3.63) is 33.9 Å². The summed E-state index contributed by atoms with van der Waals surface area (Å²) in [5.41, 5.74) is 1.66. The second-order valence-corrected chi connectivity index (χ2v) is 5.09. The number of aryl methyl sites for hydroxylation is 1. The predicted octanol–water partition coefficient (Wildman–Crippen LogP) is 3.46. The van der Waals surface area contributed by atoms with Gasteiger partial charge in [-0.3, -0.25) is 10.1 Å². The van der Waals surface area contributed by atoms with E-state index < -0.39 is 0 Å². The van der Waals surface area contributed by atoms with E-state index in [1.54, 1.807) is 23.9 Å². The topological polar surface area (TPSA) is 55.2 Å². The third kappa shape index (κ3) is 4.26. The van der Waals surface area contributed by atoms with Crippen LogP contribution >= 0.6 is 11.8 Å². The third-order valence-electron chi connectivity index (χ3n) is 2.51. The molecule has 0 aliphatic rings. The van der Waals surface area contributed by atoms with Gasteiger partial charge in [-0.05, 0) is 43.9 Å². The molecule has 0 heterocycles. The summed E-state index contributed by atoms with van der Waals surface area (Å²) in [6, 6.07) is 5.51. The molecular formula is C12H18N2O2S. The first-order chi connectivity index (χ1) is 8.04. The molecule has 5 heteroatoms. The number of nitrogens with zero attached hydrogens (tertiary/aromatic N) is 1. The number of hydrogen-bond acceptors (Lipinski definition) is 4. The molecule has 0 aliphatic heterocycles. The maximum Gasteiger partial charge on any atom is 0.292 e. The Hall–Kier alpha value is -1.23. The highest BCUT2D eigenvalue weighted by atomic mass is 32.2. The van der Waals surface area contributed by atoms with Crippen molar-refractivity contribution in [1.82, 2.24) is 0 Å². The van der Waals surface area contributed by atoms with E-state index in [-0.39, 0.29) is 16.7 Å². The van der Waals surface area contributed by atoms with E-state index in [4.69, 9.17) is 0 Å². The van der Waals surface area contributed by atoms with Crippen molar-refractivity contribution in [3.63, 3.8) is 0 Å². The molecule has 1 unspecified atom stereocenters. The lowest BCUT2D eigenvalue weighted by Gasteiger charge is -2.14. The van der Waals surface area contributed by atoms with Crippen LogP contribution in [0.4, 0.5) is 11.4 Å². The van der Waals surface area contributed by atoms with Crippen LogP contribution in [-0.2, 0) is 0 Å². The molecule has 0 amide bonds. The second-order valence-electron chi connectivity index (χ2n) is 4.10. The minimum absolute atomic E-state index is 0.154. The summed E-state index contributed by atoms with van der Waals surface area (Å²) in [5.74, 6) is 1.05. The summed E-state index contributed by atoms with van der Waals surface area (Å²) >= 11 is 1.78. The van der Waals surface area contributed by atoms with E-state index in [0.29, 0.717) is 5.69 Å². The van der Waals surface area contributed by atoms with Gasteiger partial charge in [-0.2, -0.15) is 11.8 Å². The zero-order valence-electron chi connectivity index (χ0n) is 10.4. The lowest BCUT2D eigenvalue weighted by molar-refractivity contribution is -0.384. The SMILES string of the molecule is CSCCC(C)Nc1ccc(C)cc1[N+](=O)[O-]. The summed E-state index contributed by atoms with van der Waals surface area (Å²) in [7, 11) is 0. The van der Waals surface area contributed by atoms with E-state index in [0.717, 1.165) is 17.7 Å². The average molecular weight is 254 g/mol. The van der Waals surface area contributed by atoms with Gasteiger partial charge in [0.05, 0.1) is 4.92 Å². The molecule has 1 N–H and O–H groups in total. The molecule has 1 atom stereocenters.